The van der Waals surface area contributed by atoms with Crippen LogP contribution in [0.25, 0.3) is 27.6 Å². The maximum atomic E-state index is 12.9. The number of hydrogen-bond acceptors (Lipinski definition) is 7. The van der Waals surface area contributed by atoms with E-state index in [-0.39, 0.29) is 18.7 Å². The van der Waals surface area contributed by atoms with Gasteiger partial charge in [-0.3, -0.25) is 4.79 Å². The molecule has 0 bridgehead atoms. The molecule has 0 aliphatic carbocycles. The van der Waals surface area contributed by atoms with E-state index in [1.807, 2.05) is 29.8 Å². The lowest BCUT2D eigenvalue weighted by Crippen LogP contribution is -2.56. The summed E-state index contributed by atoms with van der Waals surface area (Å²) in [6.07, 6.45) is -4.81. The summed E-state index contributed by atoms with van der Waals surface area (Å²) in [7, 11) is 1.90. The first-order valence-electron chi connectivity index (χ1n) is 13.2. The van der Waals surface area contributed by atoms with E-state index < -0.39 is 30.3 Å². The Hall–Kier alpha value is -3.68. The van der Waals surface area contributed by atoms with Crippen LogP contribution in [0.3, 0.4) is 0 Å². The summed E-state index contributed by atoms with van der Waals surface area (Å²) in [6, 6.07) is 18.6. The highest BCUT2D eigenvalue weighted by molar-refractivity contribution is 6.04. The van der Waals surface area contributed by atoms with Gasteiger partial charge in [0.15, 0.2) is 0 Å². The van der Waals surface area contributed by atoms with E-state index in [0.29, 0.717) is 5.57 Å². The van der Waals surface area contributed by atoms with Crippen LogP contribution in [-0.2, 0) is 16.6 Å². The molecule has 9 heteroatoms. The number of nitrogens with one attached hydrogen (secondary N) is 1. The standard InChI is InChI=1S/C30H36N4O5/c1-5-34(6-2)22-10-9-19-13-21(8-7-20(19)14-22)25-12-11-24(33(25)4)18(3)23(15-31)30(38)32-16-27-29(37)28(36)26(35)17-39-27/h7-14,26-29,35-37H,5-6,16-17H2,1-4H3,(H,32,38)/b23-18+/t26-,27+,28+,29+/m0/s1. The third kappa shape index (κ3) is 5.70. The summed E-state index contributed by atoms with van der Waals surface area (Å²) in [5.41, 5.74) is 4.34. The van der Waals surface area contributed by atoms with Crippen molar-refractivity contribution < 1.29 is 24.9 Å². The Labute approximate surface area is 228 Å². The first-order valence-corrected chi connectivity index (χ1v) is 13.2. The molecule has 9 nitrogen and oxygen atoms in total. The average molecular weight is 533 g/mol. The van der Waals surface area contributed by atoms with Crippen LogP contribution in [-0.4, -0.2) is 76.5 Å². The number of fused-ring (bicyclic) bond motifs is 1. The molecule has 0 unspecified atom stereocenters. The predicted molar refractivity (Wildman–Crippen MR) is 151 cm³/mol. The molecule has 2 heterocycles. The Morgan fingerprint density at radius 2 is 1.77 bits per heavy atom. The van der Waals surface area contributed by atoms with E-state index in [1.165, 1.54) is 5.69 Å². The van der Waals surface area contributed by atoms with Crippen LogP contribution in [0.4, 0.5) is 5.69 Å². The Kier molecular flexibility index (Phi) is 8.73. The van der Waals surface area contributed by atoms with Crippen LogP contribution in [0.5, 0.6) is 0 Å². The lowest BCUT2D eigenvalue weighted by atomic mass is 10.00. The number of carbonyl (C=O) groups excluding carboxylic acids is 1. The van der Waals surface area contributed by atoms with Crippen molar-refractivity contribution in [3.63, 3.8) is 0 Å². The SMILES string of the molecule is CCN(CC)c1ccc2cc(-c3ccc(/C(C)=C(\C#N)C(=O)NC[C@H]4OC[C@H](O)[C@@H](O)[C@@H]4O)n3C)ccc2c1. The van der Waals surface area contributed by atoms with E-state index in [2.05, 4.69) is 60.5 Å². The number of aromatic nitrogens is 1. The Bertz CT molecular complexity index is 1420. The maximum Gasteiger partial charge on any atom is 0.262 e. The molecule has 2 aromatic carbocycles. The van der Waals surface area contributed by atoms with Gasteiger partial charge in [0, 0.05) is 43.8 Å². The van der Waals surface area contributed by atoms with Crippen molar-refractivity contribution in [1.82, 2.24) is 9.88 Å². The van der Waals surface area contributed by atoms with Gasteiger partial charge in [-0.25, -0.2) is 0 Å². The molecule has 0 radical (unpaired) electrons. The van der Waals surface area contributed by atoms with Gasteiger partial charge >= 0.3 is 0 Å². The molecule has 1 aliphatic heterocycles. The Morgan fingerprint density at radius 3 is 2.46 bits per heavy atom. The molecule has 4 rings (SSSR count). The van der Waals surface area contributed by atoms with Crippen LogP contribution < -0.4 is 10.2 Å². The average Bonchev–Trinajstić information content (AvgIpc) is 3.33. The van der Waals surface area contributed by atoms with E-state index >= 15 is 0 Å². The lowest BCUT2D eigenvalue weighted by molar-refractivity contribution is -0.185. The van der Waals surface area contributed by atoms with E-state index in [9.17, 15) is 25.4 Å². The number of nitriles is 1. The summed E-state index contributed by atoms with van der Waals surface area (Å²) >= 11 is 0. The topological polar surface area (TPSA) is 131 Å². The zero-order valence-electron chi connectivity index (χ0n) is 22.8. The summed E-state index contributed by atoms with van der Waals surface area (Å²) < 4.78 is 7.29. The van der Waals surface area contributed by atoms with Crippen LogP contribution in [0.15, 0.2) is 54.1 Å². The minimum Gasteiger partial charge on any atom is -0.388 e. The zero-order valence-corrected chi connectivity index (χ0v) is 22.8. The van der Waals surface area contributed by atoms with Gasteiger partial charge in [0.2, 0.25) is 0 Å². The summed E-state index contributed by atoms with van der Waals surface area (Å²) in [4.78, 5) is 15.2. The van der Waals surface area contributed by atoms with Gasteiger partial charge < -0.3 is 34.8 Å². The molecule has 1 saturated heterocycles. The quantitative estimate of drug-likeness (QED) is 0.259. The molecule has 0 spiro atoms. The largest absolute Gasteiger partial charge is 0.388 e. The number of anilines is 1. The fourth-order valence-electron chi connectivity index (χ4n) is 5.12. The second kappa shape index (κ2) is 12.0. The number of allylic oxidation sites excluding steroid dienone is 1. The molecule has 4 atom stereocenters. The van der Waals surface area contributed by atoms with Crippen LogP contribution in [0, 0.1) is 11.3 Å². The number of rotatable bonds is 8. The Morgan fingerprint density at radius 1 is 1.08 bits per heavy atom. The van der Waals surface area contributed by atoms with Gasteiger partial charge in [0.25, 0.3) is 5.91 Å². The summed E-state index contributed by atoms with van der Waals surface area (Å²) in [5, 5.41) is 44.2. The molecule has 39 heavy (non-hydrogen) atoms. The third-order valence-corrected chi connectivity index (χ3v) is 7.54. The second-order valence-electron chi connectivity index (χ2n) is 9.82. The third-order valence-electron chi connectivity index (χ3n) is 7.54. The normalized spacial score (nSPS) is 21.8. The van der Waals surface area contributed by atoms with Crippen LogP contribution >= 0.6 is 0 Å². The maximum absolute atomic E-state index is 12.9. The molecule has 0 saturated carbocycles. The molecule has 1 amide bonds. The minimum atomic E-state index is -1.37. The monoisotopic (exact) mass is 532 g/mol. The molecule has 1 fully saturated rings. The fraction of sp³-hybridized carbons (Fsp3) is 0.400. The van der Waals surface area contributed by atoms with Crippen molar-refractivity contribution in [3.8, 4) is 17.3 Å². The molecule has 1 aromatic heterocycles. The number of benzene rings is 2. The van der Waals surface area contributed by atoms with E-state index in [1.54, 1.807) is 6.92 Å². The fourth-order valence-corrected chi connectivity index (χ4v) is 5.12. The minimum absolute atomic E-state index is 0.0592. The van der Waals surface area contributed by atoms with E-state index in [4.69, 9.17) is 4.74 Å². The first-order chi connectivity index (χ1) is 18.7. The second-order valence-corrected chi connectivity index (χ2v) is 9.82. The lowest BCUT2D eigenvalue weighted by Gasteiger charge is -2.35. The number of aliphatic hydroxyl groups is 3. The van der Waals surface area contributed by atoms with Crippen LogP contribution in [0.1, 0.15) is 26.5 Å². The van der Waals surface area contributed by atoms with Gasteiger partial charge in [0.05, 0.1) is 6.61 Å². The highest BCUT2D eigenvalue weighted by atomic mass is 16.5. The molecular weight excluding hydrogens is 496 g/mol. The van der Waals surface area contributed by atoms with Gasteiger partial charge in [-0.05, 0) is 73.0 Å². The zero-order chi connectivity index (χ0) is 28.3. The molecule has 1 aliphatic rings. The number of aliphatic hydroxyl groups excluding tert-OH is 3. The number of nitrogens with zero attached hydrogens (tertiary/aromatic N) is 3. The van der Waals surface area contributed by atoms with Gasteiger partial charge in [0.1, 0.15) is 36.1 Å². The Balaban J connectivity index is 1.55. The predicted octanol–water partition coefficient (Wildman–Crippen LogP) is 2.59. The number of carbonyl (C=O) groups is 1. The van der Waals surface area contributed by atoms with Crippen molar-refractivity contribution >= 4 is 27.9 Å². The molecule has 206 valence electrons. The van der Waals surface area contributed by atoms with Gasteiger partial charge in [-0.15, -0.1) is 0 Å². The molecule has 4 N–H and O–H groups in total. The van der Waals surface area contributed by atoms with Crippen molar-refractivity contribution in [3.05, 3.63) is 59.8 Å². The summed E-state index contributed by atoms with van der Waals surface area (Å²) in [6.45, 7) is 7.64. The number of hydrogen-bond donors (Lipinski definition) is 4. The highest BCUT2D eigenvalue weighted by Gasteiger charge is 2.37. The number of amides is 1. The van der Waals surface area contributed by atoms with E-state index in [0.717, 1.165) is 40.8 Å². The van der Waals surface area contributed by atoms with Crippen molar-refractivity contribution in [2.75, 3.05) is 31.1 Å². The smallest absolute Gasteiger partial charge is 0.262 e. The van der Waals surface area contributed by atoms with Crippen molar-refractivity contribution in [2.24, 2.45) is 7.05 Å². The van der Waals surface area contributed by atoms with Gasteiger partial charge in [-0.2, -0.15) is 5.26 Å². The summed E-state index contributed by atoms with van der Waals surface area (Å²) in [5.74, 6) is -0.608. The highest BCUT2D eigenvalue weighted by Crippen LogP contribution is 2.30. The molecular formula is C30H36N4O5. The first kappa shape index (κ1) is 28.3. The van der Waals surface area contributed by atoms with Crippen molar-refractivity contribution in [2.45, 2.75) is 45.2 Å². The molecule has 3 aromatic rings. The van der Waals surface area contributed by atoms with Crippen molar-refractivity contribution in [1.29, 1.82) is 5.26 Å². The number of ether oxygens (including phenoxy) is 1. The van der Waals surface area contributed by atoms with Gasteiger partial charge in [-0.1, -0.05) is 18.2 Å². The van der Waals surface area contributed by atoms with Crippen LogP contribution in [0.2, 0.25) is 0 Å².